The van der Waals surface area contributed by atoms with Crippen LogP contribution in [0.4, 0.5) is 0 Å². The van der Waals surface area contributed by atoms with Gasteiger partial charge in [-0.15, -0.1) is 0 Å². The zero-order valence-corrected chi connectivity index (χ0v) is 12.2. The Kier molecular flexibility index (Phi) is 5.64. The molecule has 1 atom stereocenters. The Labute approximate surface area is 116 Å². The van der Waals surface area contributed by atoms with Gasteiger partial charge in [-0.05, 0) is 44.6 Å². The Balaban J connectivity index is 1.82. The quantitative estimate of drug-likeness (QED) is 0.840. The fourth-order valence-corrected chi connectivity index (χ4v) is 3.28. The van der Waals surface area contributed by atoms with Gasteiger partial charge in [0.05, 0.1) is 6.54 Å². The Morgan fingerprint density at radius 1 is 1.16 bits per heavy atom. The summed E-state index contributed by atoms with van der Waals surface area (Å²) in [6.07, 6.45) is 6.65. The van der Waals surface area contributed by atoms with Gasteiger partial charge in [-0.2, -0.15) is 0 Å². The second-order valence-electron chi connectivity index (χ2n) is 6.20. The first-order valence-electron chi connectivity index (χ1n) is 7.83. The monoisotopic (exact) mass is 268 g/mol. The first kappa shape index (κ1) is 14.8. The van der Waals surface area contributed by atoms with E-state index in [1.165, 1.54) is 12.8 Å². The molecule has 0 aromatic rings. The number of carbonyl (C=O) groups is 1. The lowest BCUT2D eigenvalue weighted by Crippen LogP contribution is -2.48. The summed E-state index contributed by atoms with van der Waals surface area (Å²) < 4.78 is 0. The Hall–Kier alpha value is -0.610. The van der Waals surface area contributed by atoms with Crippen LogP contribution in [0, 0.1) is 5.92 Å². The van der Waals surface area contributed by atoms with Crippen molar-refractivity contribution in [1.82, 2.24) is 9.80 Å². The Bertz CT molecular complexity index is 286. The van der Waals surface area contributed by atoms with Crippen LogP contribution in [-0.4, -0.2) is 59.6 Å². The van der Waals surface area contributed by atoms with Crippen LogP contribution in [0.5, 0.6) is 0 Å². The van der Waals surface area contributed by atoms with Gasteiger partial charge in [-0.1, -0.05) is 13.3 Å². The maximum Gasteiger partial charge on any atom is 0.236 e. The van der Waals surface area contributed by atoms with E-state index in [4.69, 9.17) is 5.11 Å². The molecule has 2 fully saturated rings. The molecule has 2 aliphatic heterocycles. The topological polar surface area (TPSA) is 43.8 Å². The number of hydrogen-bond donors (Lipinski definition) is 1. The highest BCUT2D eigenvalue weighted by Crippen LogP contribution is 2.21. The maximum atomic E-state index is 12.3. The molecule has 2 heterocycles. The predicted molar refractivity (Wildman–Crippen MR) is 75.9 cm³/mol. The first-order valence-corrected chi connectivity index (χ1v) is 7.83. The number of aliphatic hydroxyl groups excluding tert-OH is 1. The second-order valence-corrected chi connectivity index (χ2v) is 6.20. The van der Waals surface area contributed by atoms with Crippen molar-refractivity contribution in [2.24, 2.45) is 5.92 Å². The molecule has 2 rings (SSSR count). The molecular weight excluding hydrogens is 240 g/mol. The van der Waals surface area contributed by atoms with Gasteiger partial charge in [-0.3, -0.25) is 9.69 Å². The summed E-state index contributed by atoms with van der Waals surface area (Å²) in [5.74, 6) is 1.05. The van der Waals surface area contributed by atoms with Crippen molar-refractivity contribution >= 4 is 5.91 Å². The molecule has 0 bridgehead atoms. The number of likely N-dealkylation sites (tertiary alicyclic amines) is 2. The summed E-state index contributed by atoms with van der Waals surface area (Å²) in [5, 5.41) is 9.13. The number of rotatable bonds is 4. The van der Waals surface area contributed by atoms with E-state index in [9.17, 15) is 4.79 Å². The van der Waals surface area contributed by atoms with Crippen LogP contribution in [0.3, 0.4) is 0 Å². The van der Waals surface area contributed by atoms with E-state index in [-0.39, 0.29) is 12.5 Å². The van der Waals surface area contributed by atoms with E-state index in [0.29, 0.717) is 12.6 Å². The third-order valence-corrected chi connectivity index (χ3v) is 4.69. The molecule has 0 aliphatic carbocycles. The Morgan fingerprint density at radius 2 is 1.89 bits per heavy atom. The highest BCUT2D eigenvalue weighted by atomic mass is 16.3. The van der Waals surface area contributed by atoms with Gasteiger partial charge in [-0.25, -0.2) is 0 Å². The lowest BCUT2D eigenvalue weighted by molar-refractivity contribution is -0.134. The van der Waals surface area contributed by atoms with Crippen LogP contribution in [0.25, 0.3) is 0 Å². The van der Waals surface area contributed by atoms with Gasteiger partial charge in [0.15, 0.2) is 0 Å². The molecule has 2 aliphatic rings. The minimum Gasteiger partial charge on any atom is -0.396 e. The van der Waals surface area contributed by atoms with Gasteiger partial charge >= 0.3 is 0 Å². The molecule has 0 aromatic heterocycles. The number of nitrogens with zero attached hydrogens (tertiary/aromatic N) is 2. The third kappa shape index (κ3) is 4.18. The lowest BCUT2D eigenvalue weighted by atomic mass is 9.98. The van der Waals surface area contributed by atoms with Gasteiger partial charge in [0.2, 0.25) is 5.91 Å². The van der Waals surface area contributed by atoms with E-state index >= 15 is 0 Å². The summed E-state index contributed by atoms with van der Waals surface area (Å²) >= 11 is 0. The number of carbonyl (C=O) groups excluding carboxylic acids is 1. The van der Waals surface area contributed by atoms with Crippen molar-refractivity contribution in [1.29, 1.82) is 0 Å². The SMILES string of the molecule is CC1CCN(C(=O)CN2CCCCC2CCO)CC1. The molecule has 0 saturated carbocycles. The van der Waals surface area contributed by atoms with Crippen molar-refractivity contribution in [3.63, 3.8) is 0 Å². The third-order valence-electron chi connectivity index (χ3n) is 4.69. The highest BCUT2D eigenvalue weighted by molar-refractivity contribution is 5.78. The van der Waals surface area contributed by atoms with E-state index in [2.05, 4.69) is 11.8 Å². The van der Waals surface area contributed by atoms with Crippen LogP contribution in [-0.2, 0) is 4.79 Å². The fraction of sp³-hybridized carbons (Fsp3) is 0.933. The zero-order chi connectivity index (χ0) is 13.7. The van der Waals surface area contributed by atoms with Crippen LogP contribution in [0.1, 0.15) is 45.4 Å². The number of amides is 1. The summed E-state index contributed by atoms with van der Waals surface area (Å²) in [6.45, 7) is 5.93. The standard InChI is InChI=1S/C15H28N2O2/c1-13-5-9-16(10-6-13)15(19)12-17-8-3-2-4-14(17)7-11-18/h13-14,18H,2-12H2,1H3. The summed E-state index contributed by atoms with van der Waals surface area (Å²) in [7, 11) is 0. The van der Waals surface area contributed by atoms with Crippen LogP contribution >= 0.6 is 0 Å². The number of piperidine rings is 2. The van der Waals surface area contributed by atoms with Gasteiger partial charge < -0.3 is 10.0 Å². The van der Waals surface area contributed by atoms with Crippen LogP contribution in [0.2, 0.25) is 0 Å². The lowest BCUT2D eigenvalue weighted by Gasteiger charge is -2.37. The minimum absolute atomic E-state index is 0.233. The number of aliphatic hydroxyl groups is 1. The summed E-state index contributed by atoms with van der Waals surface area (Å²) in [5.41, 5.74) is 0. The van der Waals surface area contributed by atoms with Crippen molar-refractivity contribution in [2.75, 3.05) is 32.8 Å². The molecule has 4 nitrogen and oxygen atoms in total. The highest BCUT2D eigenvalue weighted by Gasteiger charge is 2.27. The smallest absolute Gasteiger partial charge is 0.236 e. The average Bonchev–Trinajstić information content (AvgIpc) is 2.42. The van der Waals surface area contributed by atoms with Crippen molar-refractivity contribution < 1.29 is 9.90 Å². The van der Waals surface area contributed by atoms with E-state index in [1.807, 2.05) is 4.90 Å². The molecule has 1 amide bonds. The van der Waals surface area contributed by atoms with Gasteiger partial charge in [0, 0.05) is 25.7 Å². The van der Waals surface area contributed by atoms with E-state index in [0.717, 1.165) is 51.2 Å². The van der Waals surface area contributed by atoms with Crippen molar-refractivity contribution in [3.05, 3.63) is 0 Å². The largest absolute Gasteiger partial charge is 0.396 e. The molecule has 19 heavy (non-hydrogen) atoms. The minimum atomic E-state index is 0.233. The molecule has 2 saturated heterocycles. The summed E-state index contributed by atoms with van der Waals surface area (Å²) in [6, 6.07) is 0.409. The van der Waals surface area contributed by atoms with Gasteiger partial charge in [0.1, 0.15) is 0 Å². The Morgan fingerprint density at radius 3 is 2.58 bits per heavy atom. The van der Waals surface area contributed by atoms with Crippen LogP contribution < -0.4 is 0 Å². The van der Waals surface area contributed by atoms with E-state index in [1.54, 1.807) is 0 Å². The fourth-order valence-electron chi connectivity index (χ4n) is 3.28. The summed E-state index contributed by atoms with van der Waals surface area (Å²) in [4.78, 5) is 16.7. The zero-order valence-electron chi connectivity index (χ0n) is 12.2. The van der Waals surface area contributed by atoms with Gasteiger partial charge in [0.25, 0.3) is 0 Å². The maximum absolute atomic E-state index is 12.3. The molecule has 0 radical (unpaired) electrons. The van der Waals surface area contributed by atoms with Crippen molar-refractivity contribution in [2.45, 2.75) is 51.5 Å². The van der Waals surface area contributed by atoms with Crippen LogP contribution in [0.15, 0.2) is 0 Å². The normalized spacial score (nSPS) is 26.6. The molecule has 0 spiro atoms. The van der Waals surface area contributed by atoms with Crippen molar-refractivity contribution in [3.8, 4) is 0 Å². The first-order chi connectivity index (χ1) is 9.20. The molecule has 1 unspecified atom stereocenters. The molecule has 110 valence electrons. The molecule has 4 heteroatoms. The average molecular weight is 268 g/mol. The molecule has 1 N–H and O–H groups in total. The molecule has 0 aromatic carbocycles. The number of hydrogen-bond acceptors (Lipinski definition) is 3. The second kappa shape index (κ2) is 7.25. The van der Waals surface area contributed by atoms with E-state index < -0.39 is 0 Å². The molecular formula is C15H28N2O2. The predicted octanol–water partition coefficient (Wildman–Crippen LogP) is 1.48.